The second-order valence-electron chi connectivity index (χ2n) is 2.22. The molecule has 0 spiro atoms. The number of aromatic nitrogens is 2. The van der Waals surface area contributed by atoms with Gasteiger partial charge in [0.1, 0.15) is 17.7 Å². The van der Waals surface area contributed by atoms with Gasteiger partial charge in [-0.2, -0.15) is 13.2 Å². The van der Waals surface area contributed by atoms with Gasteiger partial charge in [-0.3, -0.25) is 0 Å². The van der Waals surface area contributed by atoms with Crippen LogP contribution in [0.4, 0.5) is 19.0 Å². The first-order valence-electron chi connectivity index (χ1n) is 3.07. The molecule has 2 N–H and O–H groups in total. The quantitative estimate of drug-likeness (QED) is 0.651. The highest BCUT2D eigenvalue weighted by molar-refractivity contribution is 5.42. The molecule has 0 aromatic carbocycles. The zero-order valence-corrected chi connectivity index (χ0v) is 6.18. The molecule has 0 atom stereocenters. The molecule has 0 amide bonds. The molecule has 0 aliphatic rings. The Hall–Kier alpha value is -1.33. The summed E-state index contributed by atoms with van der Waals surface area (Å²) >= 11 is 0. The van der Waals surface area contributed by atoms with E-state index in [1.54, 1.807) is 0 Å². The van der Waals surface area contributed by atoms with Crippen molar-refractivity contribution in [3.8, 4) is 0 Å². The summed E-state index contributed by atoms with van der Waals surface area (Å²) in [5.41, 5.74) is 3.93. The Morgan fingerprint density at radius 2 is 1.92 bits per heavy atom. The molecule has 0 bridgehead atoms. The number of hydrogen-bond donors (Lipinski definition) is 1. The number of halogens is 3. The number of nitrogen functional groups attached to an aromatic ring is 1. The summed E-state index contributed by atoms with van der Waals surface area (Å²) in [6, 6.07) is 0. The minimum absolute atomic E-state index is 0.157. The smallest absolute Gasteiger partial charge is 0.383 e. The van der Waals surface area contributed by atoms with Gasteiger partial charge in [-0.1, -0.05) is 0 Å². The van der Waals surface area contributed by atoms with Crippen LogP contribution >= 0.6 is 0 Å². The number of nitrogens with two attached hydrogens (primary N) is 1. The third-order valence-corrected chi connectivity index (χ3v) is 1.35. The fourth-order valence-corrected chi connectivity index (χ4v) is 0.842. The molecule has 3 nitrogen and oxygen atoms in total. The highest BCUT2D eigenvalue weighted by Gasteiger charge is 2.36. The molecule has 0 unspecified atom stereocenters. The van der Waals surface area contributed by atoms with Gasteiger partial charge >= 0.3 is 6.18 Å². The maximum atomic E-state index is 12.1. The monoisotopic (exact) mass is 177 g/mol. The number of anilines is 1. The van der Waals surface area contributed by atoms with Crippen LogP contribution in [0.5, 0.6) is 0 Å². The zero-order valence-electron chi connectivity index (χ0n) is 6.18. The summed E-state index contributed by atoms with van der Waals surface area (Å²) in [7, 11) is 0. The molecule has 0 saturated carbocycles. The Kier molecular flexibility index (Phi) is 1.91. The van der Waals surface area contributed by atoms with Gasteiger partial charge in [0.2, 0.25) is 0 Å². The fraction of sp³-hybridized carbons (Fsp3) is 0.333. The Morgan fingerprint density at radius 3 is 2.25 bits per heavy atom. The van der Waals surface area contributed by atoms with E-state index in [1.807, 2.05) is 0 Å². The number of aryl methyl sites for hydroxylation is 1. The number of nitrogens with zero attached hydrogens (tertiary/aromatic N) is 2. The van der Waals surface area contributed by atoms with Gasteiger partial charge in [-0.05, 0) is 6.92 Å². The lowest BCUT2D eigenvalue weighted by molar-refractivity contribution is -0.137. The maximum Gasteiger partial charge on any atom is 0.421 e. The summed E-state index contributed by atoms with van der Waals surface area (Å²) in [4.78, 5) is 6.65. The van der Waals surface area contributed by atoms with Crippen molar-refractivity contribution in [1.82, 2.24) is 9.97 Å². The first kappa shape index (κ1) is 8.76. The lowest BCUT2D eigenvalue weighted by Crippen LogP contribution is -2.13. The minimum atomic E-state index is -4.48. The third-order valence-electron chi connectivity index (χ3n) is 1.35. The van der Waals surface area contributed by atoms with Crippen molar-refractivity contribution in [2.24, 2.45) is 0 Å². The fourth-order valence-electron chi connectivity index (χ4n) is 0.842. The van der Waals surface area contributed by atoms with E-state index in [4.69, 9.17) is 5.73 Å². The number of alkyl halides is 3. The van der Waals surface area contributed by atoms with Gasteiger partial charge in [0.25, 0.3) is 0 Å². The van der Waals surface area contributed by atoms with Gasteiger partial charge in [0.15, 0.2) is 0 Å². The van der Waals surface area contributed by atoms with Crippen LogP contribution < -0.4 is 5.73 Å². The van der Waals surface area contributed by atoms with E-state index in [0.717, 1.165) is 6.33 Å². The molecule has 1 aromatic rings. The molecule has 1 aromatic heterocycles. The van der Waals surface area contributed by atoms with Gasteiger partial charge < -0.3 is 5.73 Å². The van der Waals surface area contributed by atoms with Crippen molar-refractivity contribution >= 4 is 5.82 Å². The number of hydrogen-bond acceptors (Lipinski definition) is 3. The standard InChI is InChI=1S/C6H6F3N3/c1-3-4(6(7,8)9)5(10)12-2-11-3/h2H,1H3,(H2,10,11,12). The molecule has 1 heterocycles. The zero-order chi connectivity index (χ0) is 9.35. The average Bonchev–Trinajstić information content (AvgIpc) is 1.82. The van der Waals surface area contributed by atoms with E-state index < -0.39 is 17.6 Å². The molecule has 1 rings (SSSR count). The molecular formula is C6H6F3N3. The second kappa shape index (κ2) is 2.62. The predicted octanol–water partition coefficient (Wildman–Crippen LogP) is 1.39. The van der Waals surface area contributed by atoms with Crippen LogP contribution in [0.2, 0.25) is 0 Å². The first-order valence-corrected chi connectivity index (χ1v) is 3.07. The molecule has 66 valence electrons. The largest absolute Gasteiger partial charge is 0.421 e. The lowest BCUT2D eigenvalue weighted by atomic mass is 10.2. The summed E-state index contributed by atoms with van der Waals surface area (Å²) in [6.07, 6.45) is -3.48. The van der Waals surface area contributed by atoms with Crippen LogP contribution in [-0.4, -0.2) is 9.97 Å². The summed E-state index contributed by atoms with van der Waals surface area (Å²) < 4.78 is 36.4. The van der Waals surface area contributed by atoms with Crippen LogP contribution in [0.1, 0.15) is 11.3 Å². The van der Waals surface area contributed by atoms with Gasteiger partial charge in [-0.25, -0.2) is 9.97 Å². The van der Waals surface area contributed by atoms with E-state index >= 15 is 0 Å². The Balaban J connectivity index is 3.31. The summed E-state index contributed by atoms with van der Waals surface area (Å²) in [6.45, 7) is 1.24. The minimum Gasteiger partial charge on any atom is -0.383 e. The molecule has 0 aliphatic heterocycles. The highest BCUT2D eigenvalue weighted by Crippen LogP contribution is 2.33. The average molecular weight is 177 g/mol. The molecule has 0 radical (unpaired) electrons. The second-order valence-corrected chi connectivity index (χ2v) is 2.22. The molecule has 6 heteroatoms. The van der Waals surface area contributed by atoms with E-state index in [9.17, 15) is 13.2 Å². The predicted molar refractivity (Wildman–Crippen MR) is 36.2 cm³/mol. The summed E-state index contributed by atoms with van der Waals surface area (Å²) in [5.74, 6) is -0.532. The van der Waals surface area contributed by atoms with Crippen LogP contribution in [0.15, 0.2) is 6.33 Å². The van der Waals surface area contributed by atoms with E-state index in [1.165, 1.54) is 6.92 Å². The van der Waals surface area contributed by atoms with Crippen molar-refractivity contribution in [3.63, 3.8) is 0 Å². The van der Waals surface area contributed by atoms with Crippen molar-refractivity contribution in [2.75, 3.05) is 5.73 Å². The lowest BCUT2D eigenvalue weighted by Gasteiger charge is -2.09. The van der Waals surface area contributed by atoms with E-state index in [2.05, 4.69) is 9.97 Å². The molecule has 12 heavy (non-hydrogen) atoms. The van der Waals surface area contributed by atoms with Gasteiger partial charge in [0.05, 0.1) is 5.69 Å². The molecule has 0 saturated heterocycles. The SMILES string of the molecule is Cc1ncnc(N)c1C(F)(F)F. The Bertz CT molecular complexity index is 274. The molecule has 0 aliphatic carbocycles. The van der Waals surface area contributed by atoms with E-state index in [0.29, 0.717) is 0 Å². The Morgan fingerprint density at radius 1 is 1.33 bits per heavy atom. The van der Waals surface area contributed by atoms with Gasteiger partial charge in [-0.15, -0.1) is 0 Å². The normalized spacial score (nSPS) is 11.7. The topological polar surface area (TPSA) is 51.8 Å². The molecular weight excluding hydrogens is 171 g/mol. The number of rotatable bonds is 0. The van der Waals surface area contributed by atoms with Crippen molar-refractivity contribution < 1.29 is 13.2 Å². The Labute approximate surface area is 66.4 Å². The first-order chi connectivity index (χ1) is 5.43. The van der Waals surface area contributed by atoms with Crippen molar-refractivity contribution in [3.05, 3.63) is 17.6 Å². The van der Waals surface area contributed by atoms with Crippen molar-refractivity contribution in [2.45, 2.75) is 13.1 Å². The van der Waals surface area contributed by atoms with Crippen LogP contribution in [0.3, 0.4) is 0 Å². The maximum absolute atomic E-state index is 12.1. The van der Waals surface area contributed by atoms with Crippen LogP contribution in [-0.2, 0) is 6.18 Å². The summed E-state index contributed by atoms with van der Waals surface area (Å²) in [5, 5.41) is 0. The van der Waals surface area contributed by atoms with E-state index in [-0.39, 0.29) is 5.69 Å². The third kappa shape index (κ3) is 1.46. The van der Waals surface area contributed by atoms with Crippen LogP contribution in [0.25, 0.3) is 0 Å². The van der Waals surface area contributed by atoms with Gasteiger partial charge in [0, 0.05) is 0 Å². The van der Waals surface area contributed by atoms with Crippen molar-refractivity contribution in [1.29, 1.82) is 0 Å². The highest BCUT2D eigenvalue weighted by atomic mass is 19.4. The van der Waals surface area contributed by atoms with Crippen LogP contribution in [0, 0.1) is 6.92 Å². The molecule has 0 fully saturated rings.